The summed E-state index contributed by atoms with van der Waals surface area (Å²) in [5, 5.41) is 32.9. The zero-order chi connectivity index (χ0) is 23.9. The third-order valence-electron chi connectivity index (χ3n) is 5.68. The van der Waals surface area contributed by atoms with Crippen molar-refractivity contribution in [2.24, 2.45) is 0 Å². The van der Waals surface area contributed by atoms with Gasteiger partial charge in [0, 0.05) is 0 Å². The van der Waals surface area contributed by atoms with Gasteiger partial charge in [-0.2, -0.15) is 23.5 Å². The van der Waals surface area contributed by atoms with E-state index in [0.29, 0.717) is 11.1 Å². The monoisotopic (exact) mass is 451 g/mol. The maximum absolute atomic E-state index is 13.5. The van der Waals surface area contributed by atoms with Gasteiger partial charge in [-0.05, 0) is 52.8 Å². The average Bonchev–Trinajstić information content (AvgIpc) is 2.99. The lowest BCUT2D eigenvalue weighted by Gasteiger charge is -2.44. The number of hydrogen-bond acceptors (Lipinski definition) is 6. The summed E-state index contributed by atoms with van der Waals surface area (Å²) in [6, 6.07) is 4.53. The van der Waals surface area contributed by atoms with Gasteiger partial charge in [0.2, 0.25) is 11.8 Å². The number of fused-ring (bicyclic) bond motifs is 5. The second kappa shape index (κ2) is 6.63. The van der Waals surface area contributed by atoms with Crippen molar-refractivity contribution in [3.8, 4) is 23.5 Å². The van der Waals surface area contributed by atoms with E-state index in [0.717, 1.165) is 16.7 Å². The van der Waals surface area contributed by atoms with Crippen LogP contribution in [0.25, 0.3) is 5.69 Å². The highest BCUT2D eigenvalue weighted by Crippen LogP contribution is 2.59. The third kappa shape index (κ3) is 3.32. The first kappa shape index (κ1) is 22.5. The molecule has 2 unspecified atom stereocenters. The van der Waals surface area contributed by atoms with E-state index in [9.17, 15) is 23.4 Å². The van der Waals surface area contributed by atoms with Gasteiger partial charge in [0.1, 0.15) is 11.2 Å². The molecule has 0 spiro atoms. The van der Waals surface area contributed by atoms with Crippen LogP contribution < -0.4 is 0 Å². The number of nitriles is 1. The number of nitrogens with zero attached hydrogens (tertiary/aromatic N) is 3. The zero-order valence-electron chi connectivity index (χ0n) is 18.3. The lowest BCUT2D eigenvalue weighted by Crippen LogP contribution is -2.53. The smallest absolute Gasteiger partial charge is 0.417 e. The summed E-state index contributed by atoms with van der Waals surface area (Å²) in [7, 11) is 0. The minimum atomic E-state index is -4.77. The van der Waals surface area contributed by atoms with Crippen LogP contribution in [0.4, 0.5) is 13.2 Å². The molecule has 10 heteroatoms. The van der Waals surface area contributed by atoms with Crippen molar-refractivity contribution in [3.63, 3.8) is 0 Å². The molecule has 2 N–H and O–H groups in total. The standard InChI is InChI=1S/C22H24F3N3O4/c1-19(2,3)32-27-10-20(4)15-16(21(5,11-27)31-20)18(30)28(17(15)29)13-7-6-12(9-26)14(8-13)22(23,24)25/h6-8,29-30H,10-11H2,1-5H3. The van der Waals surface area contributed by atoms with Crippen molar-refractivity contribution in [2.45, 2.75) is 57.6 Å². The second-order valence-corrected chi connectivity index (χ2v) is 9.64. The highest BCUT2D eigenvalue weighted by Gasteiger charge is 2.59. The van der Waals surface area contributed by atoms with Crippen molar-refractivity contribution in [2.75, 3.05) is 13.1 Å². The van der Waals surface area contributed by atoms with Crippen molar-refractivity contribution in [3.05, 3.63) is 40.5 Å². The molecular formula is C22H24F3N3O4. The van der Waals surface area contributed by atoms with Crippen molar-refractivity contribution in [1.29, 1.82) is 5.26 Å². The Morgan fingerprint density at radius 3 is 2.03 bits per heavy atom. The van der Waals surface area contributed by atoms with Crippen LogP contribution in [-0.2, 0) is 27.0 Å². The summed E-state index contributed by atoms with van der Waals surface area (Å²) in [6.45, 7) is 9.64. The average molecular weight is 451 g/mol. The van der Waals surface area contributed by atoms with Gasteiger partial charge in [-0.25, -0.2) is 0 Å². The highest BCUT2D eigenvalue weighted by atomic mass is 19.4. The molecule has 3 heterocycles. The number of aromatic nitrogens is 1. The number of ether oxygens (including phenoxy) is 1. The lowest BCUT2D eigenvalue weighted by molar-refractivity contribution is -0.313. The Bertz CT molecular complexity index is 1100. The molecule has 32 heavy (non-hydrogen) atoms. The summed E-state index contributed by atoms with van der Waals surface area (Å²) in [4.78, 5) is 5.99. The molecule has 2 aliphatic rings. The molecule has 4 rings (SSSR count). The number of rotatable bonds is 2. The molecule has 7 nitrogen and oxygen atoms in total. The maximum Gasteiger partial charge on any atom is 0.417 e. The topological polar surface area (TPSA) is 90.9 Å². The third-order valence-corrected chi connectivity index (χ3v) is 5.68. The van der Waals surface area contributed by atoms with E-state index in [1.165, 1.54) is 12.1 Å². The molecule has 1 aromatic heterocycles. The van der Waals surface area contributed by atoms with E-state index in [4.69, 9.17) is 14.8 Å². The fraction of sp³-hybridized carbons (Fsp3) is 0.500. The van der Waals surface area contributed by atoms with Gasteiger partial charge in [0.15, 0.2) is 0 Å². The van der Waals surface area contributed by atoms with E-state index in [-0.39, 0.29) is 18.8 Å². The van der Waals surface area contributed by atoms with Gasteiger partial charge in [0.05, 0.1) is 52.7 Å². The van der Waals surface area contributed by atoms with Gasteiger partial charge in [-0.3, -0.25) is 9.40 Å². The molecule has 0 saturated carbocycles. The van der Waals surface area contributed by atoms with Crippen LogP contribution in [0.2, 0.25) is 0 Å². The molecule has 0 radical (unpaired) electrons. The van der Waals surface area contributed by atoms with Crippen LogP contribution in [0.15, 0.2) is 18.2 Å². The largest absolute Gasteiger partial charge is 0.494 e. The first-order valence-electron chi connectivity index (χ1n) is 10.0. The van der Waals surface area contributed by atoms with Gasteiger partial charge >= 0.3 is 6.18 Å². The van der Waals surface area contributed by atoms with E-state index in [1.54, 1.807) is 18.9 Å². The van der Waals surface area contributed by atoms with Gasteiger partial charge in [-0.1, -0.05) is 0 Å². The number of alkyl halides is 3. The SMILES string of the molecule is CC(C)(C)ON1CC2(C)OC(C)(C1)c1c2c(O)n(-c2ccc(C#N)c(C(F)(F)F)c2)c1O. The Balaban J connectivity index is 1.86. The second-order valence-electron chi connectivity index (χ2n) is 9.64. The fourth-order valence-electron chi connectivity index (χ4n) is 4.80. The number of morpholine rings is 1. The first-order valence-corrected chi connectivity index (χ1v) is 10.0. The summed E-state index contributed by atoms with van der Waals surface area (Å²) in [5.74, 6) is -0.835. The molecule has 172 valence electrons. The lowest BCUT2D eigenvalue weighted by atomic mass is 9.94. The van der Waals surface area contributed by atoms with Gasteiger partial charge < -0.3 is 14.9 Å². The molecule has 1 aromatic carbocycles. The zero-order valence-corrected chi connectivity index (χ0v) is 18.3. The Morgan fingerprint density at radius 2 is 1.59 bits per heavy atom. The predicted molar refractivity (Wildman–Crippen MR) is 107 cm³/mol. The normalized spacial score (nSPS) is 25.6. The summed E-state index contributed by atoms with van der Waals surface area (Å²) >= 11 is 0. The van der Waals surface area contributed by atoms with Gasteiger partial charge in [0.25, 0.3) is 0 Å². The van der Waals surface area contributed by atoms with E-state index >= 15 is 0 Å². The quantitative estimate of drug-likeness (QED) is 0.708. The molecule has 1 saturated heterocycles. The molecule has 0 amide bonds. The van der Waals surface area contributed by atoms with Crippen molar-refractivity contribution >= 4 is 0 Å². The first-order chi connectivity index (χ1) is 14.6. The van der Waals surface area contributed by atoms with Crippen molar-refractivity contribution in [1.82, 2.24) is 9.63 Å². The Morgan fingerprint density at radius 1 is 1.06 bits per heavy atom. The van der Waals surface area contributed by atoms with Crippen molar-refractivity contribution < 1.29 is 33.0 Å². The van der Waals surface area contributed by atoms with Crippen LogP contribution in [0.1, 0.15) is 56.9 Å². The molecular weight excluding hydrogens is 427 g/mol. The summed E-state index contributed by atoms with van der Waals surface area (Å²) in [6.07, 6.45) is -4.77. The molecule has 0 aliphatic carbocycles. The van der Waals surface area contributed by atoms with E-state index in [1.807, 2.05) is 20.8 Å². The molecule has 1 fully saturated rings. The molecule has 2 aliphatic heterocycles. The van der Waals surface area contributed by atoms with E-state index < -0.39 is 45.9 Å². The minimum Gasteiger partial charge on any atom is -0.494 e. The Kier molecular flexibility index (Phi) is 4.66. The Labute approximate surface area is 183 Å². The number of aromatic hydroxyl groups is 2. The number of halogens is 3. The molecule has 2 atom stereocenters. The van der Waals surface area contributed by atoms with Crippen LogP contribution in [0.3, 0.4) is 0 Å². The summed E-state index contributed by atoms with van der Waals surface area (Å²) in [5.41, 5.74) is -3.83. The summed E-state index contributed by atoms with van der Waals surface area (Å²) < 4.78 is 47.5. The molecule has 2 bridgehead atoms. The number of hydrogen-bond donors (Lipinski definition) is 2. The molecule has 2 aromatic rings. The minimum absolute atomic E-state index is 0.117. The Hall–Kier alpha value is -2.74. The van der Waals surface area contributed by atoms with E-state index in [2.05, 4.69) is 0 Å². The van der Waals surface area contributed by atoms with Crippen LogP contribution in [-0.4, -0.2) is 38.5 Å². The van der Waals surface area contributed by atoms with Crippen LogP contribution >= 0.6 is 0 Å². The fourth-order valence-corrected chi connectivity index (χ4v) is 4.80. The maximum atomic E-state index is 13.5. The van der Waals surface area contributed by atoms with Crippen LogP contribution in [0.5, 0.6) is 11.8 Å². The highest BCUT2D eigenvalue weighted by molar-refractivity contribution is 5.61. The van der Waals surface area contributed by atoms with Crippen LogP contribution in [0, 0.1) is 11.3 Å². The predicted octanol–water partition coefficient (Wildman–Crippen LogP) is 4.29. The number of hydroxylamine groups is 2. The number of benzene rings is 1. The van der Waals surface area contributed by atoms with Gasteiger partial charge in [-0.15, -0.1) is 0 Å².